The van der Waals surface area contributed by atoms with E-state index in [1.807, 2.05) is 49.4 Å². The normalized spacial score (nSPS) is 10.4. The Labute approximate surface area is 143 Å². The lowest BCUT2D eigenvalue weighted by Gasteiger charge is -2.11. The first-order valence-corrected chi connectivity index (χ1v) is 8.06. The molecule has 122 valence electrons. The second kappa shape index (κ2) is 7.55. The van der Waals surface area contributed by atoms with Crippen LogP contribution in [0.2, 0.25) is 0 Å². The number of ether oxygens (including phenoxy) is 1. The summed E-state index contributed by atoms with van der Waals surface area (Å²) in [4.78, 5) is 0. The fourth-order valence-electron chi connectivity index (χ4n) is 2.48. The number of nitrogen functional groups attached to an aromatic ring is 1. The van der Waals surface area contributed by atoms with Crippen molar-refractivity contribution in [3.05, 3.63) is 89.5 Å². The van der Waals surface area contributed by atoms with Gasteiger partial charge in [-0.25, -0.2) is 0 Å². The van der Waals surface area contributed by atoms with Gasteiger partial charge in [0.1, 0.15) is 12.4 Å². The van der Waals surface area contributed by atoms with E-state index >= 15 is 0 Å². The average molecular weight is 318 g/mol. The summed E-state index contributed by atoms with van der Waals surface area (Å²) >= 11 is 0. The first-order chi connectivity index (χ1) is 11.7. The topological polar surface area (TPSA) is 47.3 Å². The summed E-state index contributed by atoms with van der Waals surface area (Å²) in [5, 5.41) is 3.37. The monoisotopic (exact) mass is 318 g/mol. The molecule has 0 amide bonds. The molecule has 0 radical (unpaired) electrons. The van der Waals surface area contributed by atoms with Crippen LogP contribution < -0.4 is 15.8 Å². The summed E-state index contributed by atoms with van der Waals surface area (Å²) in [6.45, 7) is 3.35. The molecule has 24 heavy (non-hydrogen) atoms. The maximum Gasteiger partial charge on any atom is 0.119 e. The molecule has 3 N–H and O–H groups in total. The van der Waals surface area contributed by atoms with Crippen molar-refractivity contribution in [3.63, 3.8) is 0 Å². The van der Waals surface area contributed by atoms with Gasteiger partial charge in [0, 0.05) is 6.54 Å². The lowest BCUT2D eigenvalue weighted by atomic mass is 10.1. The molecule has 0 saturated carbocycles. The Balaban J connectivity index is 1.54. The van der Waals surface area contributed by atoms with Crippen LogP contribution in [0, 0.1) is 6.92 Å². The minimum Gasteiger partial charge on any atom is -0.489 e. The van der Waals surface area contributed by atoms with Crippen molar-refractivity contribution >= 4 is 11.4 Å². The summed E-state index contributed by atoms with van der Waals surface area (Å²) in [7, 11) is 0. The van der Waals surface area contributed by atoms with Crippen LogP contribution in [0.3, 0.4) is 0 Å². The van der Waals surface area contributed by atoms with E-state index in [4.69, 9.17) is 10.5 Å². The maximum atomic E-state index is 6.02. The number of rotatable bonds is 6. The molecule has 3 aromatic rings. The smallest absolute Gasteiger partial charge is 0.119 e. The number of nitrogens with two attached hydrogens (primary N) is 1. The molecule has 3 heteroatoms. The van der Waals surface area contributed by atoms with Gasteiger partial charge in [0.2, 0.25) is 0 Å². The highest BCUT2D eigenvalue weighted by atomic mass is 16.5. The number of hydrogen-bond donors (Lipinski definition) is 2. The third-order valence-corrected chi connectivity index (χ3v) is 3.86. The first-order valence-electron chi connectivity index (χ1n) is 8.06. The average Bonchev–Trinajstić information content (AvgIpc) is 2.61. The third-order valence-electron chi connectivity index (χ3n) is 3.86. The van der Waals surface area contributed by atoms with E-state index in [1.54, 1.807) is 0 Å². The van der Waals surface area contributed by atoms with E-state index < -0.39 is 0 Å². The van der Waals surface area contributed by atoms with Crippen molar-refractivity contribution in [2.45, 2.75) is 20.1 Å². The molecule has 0 unspecified atom stereocenters. The fourth-order valence-corrected chi connectivity index (χ4v) is 2.48. The second-order valence-corrected chi connectivity index (χ2v) is 5.86. The molecule has 3 rings (SSSR count). The molecular weight excluding hydrogens is 296 g/mol. The van der Waals surface area contributed by atoms with Crippen LogP contribution in [0.4, 0.5) is 11.4 Å². The van der Waals surface area contributed by atoms with Gasteiger partial charge in [0.05, 0.1) is 11.4 Å². The van der Waals surface area contributed by atoms with Crippen molar-refractivity contribution in [1.29, 1.82) is 0 Å². The van der Waals surface area contributed by atoms with E-state index in [9.17, 15) is 0 Å². The molecule has 0 bridgehead atoms. The van der Waals surface area contributed by atoms with E-state index in [-0.39, 0.29) is 0 Å². The van der Waals surface area contributed by atoms with E-state index in [2.05, 4.69) is 35.6 Å². The summed E-state index contributed by atoms with van der Waals surface area (Å²) in [6.07, 6.45) is 0. The Hall–Kier alpha value is -2.94. The molecule has 0 spiro atoms. The molecule has 0 aliphatic carbocycles. The molecule has 0 saturated heterocycles. The fraction of sp³-hybridized carbons (Fsp3) is 0.143. The van der Waals surface area contributed by atoms with Crippen LogP contribution >= 0.6 is 0 Å². The van der Waals surface area contributed by atoms with Crippen LogP contribution in [-0.4, -0.2) is 0 Å². The third kappa shape index (κ3) is 4.29. The van der Waals surface area contributed by atoms with Gasteiger partial charge in [-0.3, -0.25) is 0 Å². The highest BCUT2D eigenvalue weighted by Crippen LogP contribution is 2.21. The van der Waals surface area contributed by atoms with E-state index in [0.717, 1.165) is 34.8 Å². The zero-order chi connectivity index (χ0) is 16.8. The second-order valence-electron chi connectivity index (χ2n) is 5.86. The predicted molar refractivity (Wildman–Crippen MR) is 100 cm³/mol. The van der Waals surface area contributed by atoms with Crippen LogP contribution in [0.5, 0.6) is 5.75 Å². The molecule has 3 aromatic carbocycles. The lowest BCUT2D eigenvalue weighted by Crippen LogP contribution is -2.02. The van der Waals surface area contributed by atoms with Crippen LogP contribution in [0.1, 0.15) is 16.7 Å². The Kier molecular flexibility index (Phi) is 5.02. The zero-order valence-electron chi connectivity index (χ0n) is 13.8. The number of anilines is 2. The minimum atomic E-state index is 0.582. The van der Waals surface area contributed by atoms with Crippen molar-refractivity contribution in [2.75, 3.05) is 11.1 Å². The van der Waals surface area contributed by atoms with Gasteiger partial charge in [-0.2, -0.15) is 0 Å². The van der Waals surface area contributed by atoms with Gasteiger partial charge in [0.15, 0.2) is 0 Å². The lowest BCUT2D eigenvalue weighted by molar-refractivity contribution is 0.306. The molecule has 0 heterocycles. The first kappa shape index (κ1) is 15.9. The van der Waals surface area contributed by atoms with Crippen molar-refractivity contribution in [1.82, 2.24) is 0 Å². The van der Waals surface area contributed by atoms with Crippen LogP contribution in [0.15, 0.2) is 72.8 Å². The number of aryl methyl sites for hydroxylation is 1. The standard InChI is InChI=1S/C21H22N2O/c1-16-7-12-21(20(22)13-16)23-14-17-8-10-19(11-9-17)24-15-18-5-3-2-4-6-18/h2-13,23H,14-15,22H2,1H3. The van der Waals surface area contributed by atoms with Gasteiger partial charge in [-0.05, 0) is 47.9 Å². The number of nitrogens with one attached hydrogen (secondary N) is 1. The zero-order valence-corrected chi connectivity index (χ0v) is 13.8. The SMILES string of the molecule is Cc1ccc(NCc2ccc(OCc3ccccc3)cc2)c(N)c1. The Morgan fingerprint density at radius 3 is 2.33 bits per heavy atom. The molecule has 0 fully saturated rings. The summed E-state index contributed by atoms with van der Waals surface area (Å²) in [5.74, 6) is 0.873. The summed E-state index contributed by atoms with van der Waals surface area (Å²) < 4.78 is 5.80. The Morgan fingerprint density at radius 1 is 0.875 bits per heavy atom. The molecule has 0 aliphatic rings. The highest BCUT2D eigenvalue weighted by Gasteiger charge is 2.00. The van der Waals surface area contributed by atoms with E-state index in [1.165, 1.54) is 5.56 Å². The van der Waals surface area contributed by atoms with E-state index in [0.29, 0.717) is 6.61 Å². The Bertz CT molecular complexity index is 783. The van der Waals surface area contributed by atoms with Gasteiger partial charge in [-0.1, -0.05) is 48.5 Å². The molecule has 3 nitrogen and oxygen atoms in total. The summed E-state index contributed by atoms with van der Waals surface area (Å²) in [6, 6.07) is 24.3. The molecule has 0 atom stereocenters. The van der Waals surface area contributed by atoms with Gasteiger partial charge >= 0.3 is 0 Å². The largest absolute Gasteiger partial charge is 0.489 e. The van der Waals surface area contributed by atoms with Gasteiger partial charge in [0.25, 0.3) is 0 Å². The van der Waals surface area contributed by atoms with Crippen LogP contribution in [-0.2, 0) is 13.2 Å². The number of benzene rings is 3. The van der Waals surface area contributed by atoms with Crippen LogP contribution in [0.25, 0.3) is 0 Å². The predicted octanol–water partition coefficient (Wildman–Crippen LogP) is 4.77. The Morgan fingerprint density at radius 2 is 1.62 bits per heavy atom. The molecule has 0 aromatic heterocycles. The number of hydrogen-bond acceptors (Lipinski definition) is 3. The molecular formula is C21H22N2O. The summed E-state index contributed by atoms with van der Waals surface area (Å²) in [5.41, 5.74) is 11.3. The van der Waals surface area contributed by atoms with Crippen molar-refractivity contribution < 1.29 is 4.74 Å². The maximum absolute atomic E-state index is 6.02. The van der Waals surface area contributed by atoms with Crippen molar-refractivity contribution in [2.24, 2.45) is 0 Å². The minimum absolute atomic E-state index is 0.582. The molecule has 0 aliphatic heterocycles. The van der Waals surface area contributed by atoms with Crippen molar-refractivity contribution in [3.8, 4) is 5.75 Å². The highest BCUT2D eigenvalue weighted by molar-refractivity contribution is 5.66. The quantitative estimate of drug-likeness (QED) is 0.644. The van der Waals surface area contributed by atoms with Gasteiger partial charge < -0.3 is 15.8 Å². The van der Waals surface area contributed by atoms with Gasteiger partial charge in [-0.15, -0.1) is 0 Å².